The zero-order chi connectivity index (χ0) is 19.3. The number of hydrogen-bond donors (Lipinski definition) is 2. The van der Waals surface area contributed by atoms with Crippen molar-refractivity contribution >= 4 is 17.7 Å². The number of benzene rings is 2. The second kappa shape index (κ2) is 7.89. The number of fused-ring (bicyclic) bond motifs is 1. The highest BCUT2D eigenvalue weighted by Crippen LogP contribution is 2.35. The highest BCUT2D eigenvalue weighted by atomic mass is 16.5. The monoisotopic (exact) mass is 369 g/mol. The van der Waals surface area contributed by atoms with E-state index >= 15 is 0 Å². The summed E-state index contributed by atoms with van der Waals surface area (Å²) in [7, 11) is 0. The minimum absolute atomic E-state index is 0.0494. The van der Waals surface area contributed by atoms with Crippen LogP contribution in [0, 0.1) is 16.7 Å². The number of nitrogens with one attached hydrogen (secondary N) is 2. The van der Waals surface area contributed by atoms with Gasteiger partial charge in [0.15, 0.2) is 0 Å². The maximum absolute atomic E-state index is 9.13. The van der Waals surface area contributed by atoms with Crippen LogP contribution in [0.5, 0.6) is 5.75 Å². The minimum Gasteiger partial charge on any atom is -0.486 e. The summed E-state index contributed by atoms with van der Waals surface area (Å²) in [5, 5.41) is 20.0. The second-order valence-electron chi connectivity index (χ2n) is 6.63. The number of anilines is 2. The Morgan fingerprint density at radius 2 is 2.14 bits per heavy atom. The Balaban J connectivity index is 1.60. The van der Waals surface area contributed by atoms with Crippen LogP contribution in [0.1, 0.15) is 41.2 Å². The number of hydrogen-bond acceptors (Lipinski definition) is 6. The lowest BCUT2D eigenvalue weighted by Crippen LogP contribution is -2.15. The molecule has 4 rings (SSSR count). The summed E-state index contributed by atoms with van der Waals surface area (Å²) in [5.74, 6) is 1.33. The van der Waals surface area contributed by atoms with Gasteiger partial charge >= 0.3 is 0 Å². The lowest BCUT2D eigenvalue weighted by Gasteiger charge is -2.27. The molecular weight excluding hydrogens is 350 g/mol. The van der Waals surface area contributed by atoms with Gasteiger partial charge in [-0.3, -0.25) is 4.98 Å². The van der Waals surface area contributed by atoms with Crippen LogP contribution < -0.4 is 10.1 Å². The van der Waals surface area contributed by atoms with Crippen LogP contribution in [0.4, 0.5) is 11.5 Å². The van der Waals surface area contributed by atoms with Crippen molar-refractivity contribution in [3.8, 4) is 11.8 Å². The Morgan fingerprint density at radius 3 is 2.93 bits per heavy atom. The number of nitriles is 1. The van der Waals surface area contributed by atoms with Gasteiger partial charge in [0.25, 0.3) is 0 Å². The molecule has 0 saturated carbocycles. The predicted octanol–water partition coefficient (Wildman–Crippen LogP) is 4.55. The molecule has 1 aliphatic rings. The maximum Gasteiger partial charge on any atom is 0.148 e. The highest BCUT2D eigenvalue weighted by molar-refractivity contribution is 5.87. The summed E-state index contributed by atoms with van der Waals surface area (Å²) in [5.41, 5.74) is 4.49. The molecule has 2 aromatic carbocycles. The fraction of sp³-hybridized carbons (Fsp3) is 0.182. The summed E-state index contributed by atoms with van der Waals surface area (Å²) in [6.07, 6.45) is 9.02. The van der Waals surface area contributed by atoms with Crippen LogP contribution in [0.2, 0.25) is 0 Å². The van der Waals surface area contributed by atoms with E-state index in [1.54, 1.807) is 18.6 Å². The van der Waals surface area contributed by atoms with E-state index in [1.165, 1.54) is 11.8 Å². The molecule has 0 bridgehead atoms. The van der Waals surface area contributed by atoms with Crippen molar-refractivity contribution in [2.24, 2.45) is 0 Å². The normalized spacial score (nSPS) is 15.2. The van der Waals surface area contributed by atoms with Gasteiger partial charge in [0.2, 0.25) is 0 Å². The number of ether oxygens (including phenoxy) is 1. The number of aromatic nitrogens is 2. The molecule has 1 aromatic heterocycles. The summed E-state index contributed by atoms with van der Waals surface area (Å²) < 4.78 is 6.30. The molecule has 0 radical (unpaired) electrons. The van der Waals surface area contributed by atoms with Crippen molar-refractivity contribution in [1.29, 1.82) is 10.7 Å². The van der Waals surface area contributed by atoms with E-state index in [9.17, 15) is 0 Å². The third kappa shape index (κ3) is 3.69. The van der Waals surface area contributed by atoms with E-state index in [1.807, 2.05) is 36.4 Å². The van der Waals surface area contributed by atoms with Gasteiger partial charge < -0.3 is 15.5 Å². The lowest BCUT2D eigenvalue weighted by atomic mass is 9.88. The second-order valence-corrected chi connectivity index (χ2v) is 6.63. The topological polar surface area (TPSA) is 94.7 Å². The summed E-state index contributed by atoms with van der Waals surface area (Å²) in [6, 6.07) is 13.6. The maximum atomic E-state index is 9.13. The van der Waals surface area contributed by atoms with Crippen LogP contribution >= 0.6 is 0 Å². The minimum atomic E-state index is -0.0494. The van der Waals surface area contributed by atoms with Gasteiger partial charge in [-0.25, -0.2) is 4.98 Å². The molecule has 1 heterocycles. The average molecular weight is 369 g/mol. The standard InChI is InChI=1S/C22H19N5O/c23-12-15-4-7-19-16(10-15)2-1-3-21(19)28-18-6-5-17(13-24)20(11-18)27-22-14-25-8-9-26-22/h4-11,13-14,21,24H,1-3H2,(H,26,27). The first-order valence-electron chi connectivity index (χ1n) is 9.14. The number of nitrogens with zero attached hydrogens (tertiary/aromatic N) is 3. The van der Waals surface area contributed by atoms with Gasteiger partial charge in [-0.2, -0.15) is 5.26 Å². The van der Waals surface area contributed by atoms with Gasteiger partial charge in [0, 0.05) is 30.2 Å². The summed E-state index contributed by atoms with van der Waals surface area (Å²) >= 11 is 0. The molecule has 6 nitrogen and oxygen atoms in total. The summed E-state index contributed by atoms with van der Waals surface area (Å²) in [4.78, 5) is 8.28. The van der Waals surface area contributed by atoms with Crippen LogP contribution in [-0.2, 0) is 6.42 Å². The predicted molar refractivity (Wildman–Crippen MR) is 107 cm³/mol. The third-order valence-corrected chi connectivity index (χ3v) is 4.82. The Hall–Kier alpha value is -3.72. The zero-order valence-electron chi connectivity index (χ0n) is 15.2. The van der Waals surface area contributed by atoms with Crippen LogP contribution in [-0.4, -0.2) is 16.2 Å². The number of rotatable bonds is 5. The molecule has 0 amide bonds. The molecule has 1 atom stereocenters. The fourth-order valence-electron chi connectivity index (χ4n) is 3.47. The molecule has 0 saturated heterocycles. The molecule has 0 aliphatic heterocycles. The van der Waals surface area contributed by atoms with Gasteiger partial charge in [0.05, 0.1) is 23.5 Å². The molecule has 1 unspecified atom stereocenters. The van der Waals surface area contributed by atoms with Gasteiger partial charge in [0.1, 0.15) is 17.7 Å². The Morgan fingerprint density at radius 1 is 1.21 bits per heavy atom. The van der Waals surface area contributed by atoms with E-state index in [0.29, 0.717) is 11.4 Å². The lowest BCUT2D eigenvalue weighted by molar-refractivity contribution is 0.183. The van der Waals surface area contributed by atoms with Gasteiger partial charge in [-0.1, -0.05) is 6.07 Å². The Labute approximate surface area is 163 Å². The van der Waals surface area contributed by atoms with E-state index in [0.717, 1.165) is 41.8 Å². The molecule has 1 aliphatic carbocycles. The van der Waals surface area contributed by atoms with E-state index < -0.39 is 0 Å². The first-order chi connectivity index (χ1) is 13.8. The Kier molecular flexibility index (Phi) is 4.98. The highest BCUT2D eigenvalue weighted by Gasteiger charge is 2.22. The van der Waals surface area contributed by atoms with Crippen molar-refractivity contribution in [1.82, 2.24) is 9.97 Å². The largest absolute Gasteiger partial charge is 0.486 e. The first-order valence-corrected chi connectivity index (χ1v) is 9.14. The van der Waals surface area contributed by atoms with Crippen molar-refractivity contribution in [2.75, 3.05) is 5.32 Å². The zero-order valence-corrected chi connectivity index (χ0v) is 15.2. The molecule has 138 valence electrons. The third-order valence-electron chi connectivity index (χ3n) is 4.82. The van der Waals surface area contributed by atoms with Crippen LogP contribution in [0.25, 0.3) is 0 Å². The van der Waals surface area contributed by atoms with Crippen LogP contribution in [0.15, 0.2) is 55.0 Å². The average Bonchev–Trinajstić information content (AvgIpc) is 2.74. The quantitative estimate of drug-likeness (QED) is 0.644. The molecule has 0 spiro atoms. The van der Waals surface area contributed by atoms with Crippen molar-refractivity contribution < 1.29 is 4.74 Å². The van der Waals surface area contributed by atoms with Crippen molar-refractivity contribution in [3.63, 3.8) is 0 Å². The molecule has 2 N–H and O–H groups in total. The van der Waals surface area contributed by atoms with Crippen molar-refractivity contribution in [2.45, 2.75) is 25.4 Å². The van der Waals surface area contributed by atoms with Crippen molar-refractivity contribution in [3.05, 3.63) is 77.2 Å². The smallest absolute Gasteiger partial charge is 0.148 e. The fourth-order valence-corrected chi connectivity index (χ4v) is 3.47. The van der Waals surface area contributed by atoms with Gasteiger partial charge in [-0.15, -0.1) is 0 Å². The molecule has 0 fully saturated rings. The SMILES string of the molecule is N#Cc1ccc2c(c1)CCCC2Oc1ccc(C=N)c(Nc2cnccn2)c1. The molecule has 6 heteroatoms. The molecular formula is C22H19N5O. The van der Waals surface area contributed by atoms with E-state index in [4.69, 9.17) is 15.4 Å². The van der Waals surface area contributed by atoms with Gasteiger partial charge in [-0.05, 0) is 54.7 Å². The van der Waals surface area contributed by atoms with E-state index in [2.05, 4.69) is 21.4 Å². The van der Waals surface area contributed by atoms with E-state index in [-0.39, 0.29) is 6.10 Å². The number of aryl methyl sites for hydroxylation is 1. The molecule has 3 aromatic rings. The first kappa shape index (κ1) is 17.7. The Bertz CT molecular complexity index is 1040. The molecule has 28 heavy (non-hydrogen) atoms. The van der Waals surface area contributed by atoms with Crippen LogP contribution in [0.3, 0.4) is 0 Å². The summed E-state index contributed by atoms with van der Waals surface area (Å²) in [6.45, 7) is 0.